The Labute approximate surface area is 144 Å². The van der Waals surface area contributed by atoms with Gasteiger partial charge in [-0.05, 0) is 11.3 Å². The van der Waals surface area contributed by atoms with Crippen LogP contribution in [0.15, 0.2) is 40.9 Å². The number of hydrogen-bond acceptors (Lipinski definition) is 5. The molecule has 0 unspecified atom stereocenters. The summed E-state index contributed by atoms with van der Waals surface area (Å²) in [6.07, 6.45) is 0. The highest BCUT2D eigenvalue weighted by molar-refractivity contribution is 7.98. The molecule has 3 rings (SSSR count). The Morgan fingerprint density at radius 3 is 2.96 bits per heavy atom. The fraction of sp³-hybridized carbons (Fsp3) is 0.353. The highest BCUT2D eigenvalue weighted by Crippen LogP contribution is 2.25. The van der Waals surface area contributed by atoms with Gasteiger partial charge in [-0.1, -0.05) is 42.4 Å². The van der Waals surface area contributed by atoms with Crippen LogP contribution in [0.1, 0.15) is 34.8 Å². The quantitative estimate of drug-likeness (QED) is 0.899. The van der Waals surface area contributed by atoms with E-state index in [1.165, 1.54) is 0 Å². The molecule has 1 fully saturated rings. The molecule has 2 amide bonds. The third kappa shape index (κ3) is 3.46. The zero-order valence-electron chi connectivity index (χ0n) is 13.4. The molecule has 24 heavy (non-hydrogen) atoms. The van der Waals surface area contributed by atoms with Crippen LogP contribution >= 0.6 is 11.8 Å². The number of carbonyl (C=O) groups excluding carboxylic acids is 2. The number of benzene rings is 1. The van der Waals surface area contributed by atoms with Crippen molar-refractivity contribution >= 4 is 23.6 Å². The number of nitrogens with zero attached hydrogens (tertiary/aromatic N) is 2. The third-order valence-electron chi connectivity index (χ3n) is 3.81. The topological polar surface area (TPSA) is 75.4 Å². The van der Waals surface area contributed by atoms with Gasteiger partial charge in [-0.25, -0.2) is 0 Å². The fourth-order valence-corrected chi connectivity index (χ4v) is 3.23. The first-order valence-electron chi connectivity index (χ1n) is 7.87. The van der Waals surface area contributed by atoms with Gasteiger partial charge in [0, 0.05) is 19.2 Å². The van der Waals surface area contributed by atoms with Crippen LogP contribution in [0.3, 0.4) is 0 Å². The summed E-state index contributed by atoms with van der Waals surface area (Å²) in [6.45, 7) is 2.93. The van der Waals surface area contributed by atoms with E-state index in [1.807, 2.05) is 30.3 Å². The Balaban J connectivity index is 1.83. The number of hydrogen-bond donors (Lipinski definition) is 1. The minimum atomic E-state index is -0.641. The van der Waals surface area contributed by atoms with E-state index in [0.29, 0.717) is 24.6 Å². The number of aromatic nitrogens is 1. The Kier molecular flexibility index (Phi) is 5.20. The molecule has 1 aliphatic heterocycles. The summed E-state index contributed by atoms with van der Waals surface area (Å²) in [5.41, 5.74) is 1.03. The van der Waals surface area contributed by atoms with Crippen molar-refractivity contribution in [3.05, 3.63) is 53.4 Å². The first-order chi connectivity index (χ1) is 11.7. The van der Waals surface area contributed by atoms with E-state index in [0.717, 1.165) is 11.3 Å². The van der Waals surface area contributed by atoms with Crippen LogP contribution in [0.4, 0.5) is 0 Å². The summed E-state index contributed by atoms with van der Waals surface area (Å²) in [7, 11) is 0. The molecule has 0 saturated carbocycles. The summed E-state index contributed by atoms with van der Waals surface area (Å²) >= 11 is 1.70. The van der Waals surface area contributed by atoms with Crippen molar-refractivity contribution in [3.8, 4) is 0 Å². The van der Waals surface area contributed by atoms with E-state index < -0.39 is 6.04 Å². The van der Waals surface area contributed by atoms with Crippen molar-refractivity contribution in [1.82, 2.24) is 15.4 Å². The summed E-state index contributed by atoms with van der Waals surface area (Å²) in [4.78, 5) is 26.7. The van der Waals surface area contributed by atoms with Gasteiger partial charge < -0.3 is 14.7 Å². The molecular weight excluding hydrogens is 326 g/mol. The molecule has 1 atom stereocenters. The van der Waals surface area contributed by atoms with Gasteiger partial charge in [0.05, 0.1) is 5.75 Å². The smallest absolute Gasteiger partial charge is 0.277 e. The van der Waals surface area contributed by atoms with E-state index >= 15 is 0 Å². The van der Waals surface area contributed by atoms with Crippen LogP contribution < -0.4 is 5.32 Å². The largest absolute Gasteiger partial charge is 0.360 e. The Hall–Kier alpha value is -2.28. The van der Waals surface area contributed by atoms with Crippen LogP contribution in [0.2, 0.25) is 0 Å². The molecule has 6 nitrogen and oxygen atoms in total. The summed E-state index contributed by atoms with van der Waals surface area (Å²) in [6, 6.07) is 10.3. The van der Waals surface area contributed by atoms with Gasteiger partial charge in [0.2, 0.25) is 5.91 Å². The molecule has 2 aromatic rings. The van der Waals surface area contributed by atoms with Crippen LogP contribution in [-0.2, 0) is 10.5 Å². The van der Waals surface area contributed by atoms with E-state index in [4.69, 9.17) is 4.52 Å². The molecule has 126 valence electrons. The van der Waals surface area contributed by atoms with E-state index in [1.54, 1.807) is 22.7 Å². The molecule has 2 heterocycles. The van der Waals surface area contributed by atoms with E-state index in [9.17, 15) is 9.59 Å². The van der Waals surface area contributed by atoms with Crippen molar-refractivity contribution in [2.75, 3.05) is 18.8 Å². The molecule has 1 N–H and O–H groups in total. The molecule has 1 saturated heterocycles. The summed E-state index contributed by atoms with van der Waals surface area (Å²) in [5.74, 6) is 1.86. The van der Waals surface area contributed by atoms with Gasteiger partial charge in [0.25, 0.3) is 5.91 Å². The predicted molar refractivity (Wildman–Crippen MR) is 91.6 cm³/mol. The second-order valence-electron chi connectivity index (χ2n) is 5.42. The van der Waals surface area contributed by atoms with E-state index in [-0.39, 0.29) is 17.5 Å². The average molecular weight is 345 g/mol. The van der Waals surface area contributed by atoms with Crippen molar-refractivity contribution < 1.29 is 14.1 Å². The molecule has 1 aromatic carbocycles. The van der Waals surface area contributed by atoms with Crippen molar-refractivity contribution in [3.63, 3.8) is 0 Å². The van der Waals surface area contributed by atoms with Crippen molar-refractivity contribution in [2.45, 2.75) is 18.7 Å². The van der Waals surface area contributed by atoms with E-state index in [2.05, 4.69) is 17.4 Å². The molecular formula is C17H19N3O3S. The number of rotatable bonds is 5. The van der Waals surface area contributed by atoms with Gasteiger partial charge in [-0.15, -0.1) is 0 Å². The number of amides is 2. The zero-order valence-corrected chi connectivity index (χ0v) is 14.2. The fourth-order valence-electron chi connectivity index (χ4n) is 2.68. The van der Waals surface area contributed by atoms with Gasteiger partial charge in [-0.3, -0.25) is 9.59 Å². The first kappa shape index (κ1) is 16.6. The second-order valence-corrected chi connectivity index (χ2v) is 6.69. The Bertz CT molecular complexity index is 717. The third-order valence-corrected chi connectivity index (χ3v) is 4.71. The number of nitrogens with one attached hydrogen (secondary N) is 1. The Morgan fingerprint density at radius 2 is 2.21 bits per heavy atom. The molecule has 1 aromatic heterocycles. The molecule has 1 aliphatic rings. The van der Waals surface area contributed by atoms with Crippen LogP contribution in [-0.4, -0.2) is 40.7 Å². The summed E-state index contributed by atoms with van der Waals surface area (Å²) in [5, 5.41) is 6.71. The monoisotopic (exact) mass is 345 g/mol. The number of carbonyl (C=O) groups is 2. The summed E-state index contributed by atoms with van der Waals surface area (Å²) < 4.78 is 5.23. The molecule has 0 aliphatic carbocycles. The lowest BCUT2D eigenvalue weighted by Crippen LogP contribution is -2.52. The lowest BCUT2D eigenvalue weighted by Gasteiger charge is -2.34. The van der Waals surface area contributed by atoms with Crippen LogP contribution in [0, 0.1) is 0 Å². The van der Waals surface area contributed by atoms with Gasteiger partial charge in [0.15, 0.2) is 5.69 Å². The standard InChI is InChI=1S/C17H19N3O3S/c1-2-24-11-13-10-14(19-23-13)17(22)20-9-8-18-16(21)15(20)12-6-4-3-5-7-12/h3-7,10,15H,2,8-9,11H2,1H3,(H,18,21)/t15-/m1/s1. The van der Waals surface area contributed by atoms with Crippen LogP contribution in [0.25, 0.3) is 0 Å². The lowest BCUT2D eigenvalue weighted by molar-refractivity contribution is -0.128. The maximum absolute atomic E-state index is 12.8. The van der Waals surface area contributed by atoms with Crippen molar-refractivity contribution in [1.29, 1.82) is 0 Å². The maximum Gasteiger partial charge on any atom is 0.277 e. The maximum atomic E-state index is 12.8. The lowest BCUT2D eigenvalue weighted by atomic mass is 10.0. The predicted octanol–water partition coefficient (Wildman–Crippen LogP) is 2.24. The number of thioether (sulfide) groups is 1. The molecule has 0 bridgehead atoms. The minimum Gasteiger partial charge on any atom is -0.360 e. The molecule has 0 radical (unpaired) electrons. The zero-order chi connectivity index (χ0) is 16.9. The normalized spacial score (nSPS) is 17.6. The Morgan fingerprint density at radius 1 is 1.42 bits per heavy atom. The first-order valence-corrected chi connectivity index (χ1v) is 9.03. The molecule has 7 heteroatoms. The molecule has 0 spiro atoms. The van der Waals surface area contributed by atoms with Crippen LogP contribution in [0.5, 0.6) is 0 Å². The van der Waals surface area contributed by atoms with Crippen molar-refractivity contribution in [2.24, 2.45) is 0 Å². The second kappa shape index (κ2) is 7.53. The highest BCUT2D eigenvalue weighted by atomic mass is 32.2. The average Bonchev–Trinajstić information content (AvgIpc) is 3.08. The highest BCUT2D eigenvalue weighted by Gasteiger charge is 2.35. The van der Waals surface area contributed by atoms with Gasteiger partial charge in [0.1, 0.15) is 11.8 Å². The minimum absolute atomic E-state index is 0.175. The van der Waals surface area contributed by atoms with Gasteiger partial charge in [-0.2, -0.15) is 11.8 Å². The SMILES string of the molecule is CCSCc1cc(C(=O)N2CCNC(=O)[C@H]2c2ccccc2)no1. The van der Waals surface area contributed by atoms with Gasteiger partial charge >= 0.3 is 0 Å². The number of piperazine rings is 1.